The van der Waals surface area contributed by atoms with Gasteiger partial charge >= 0.3 is 6.36 Å². The summed E-state index contributed by atoms with van der Waals surface area (Å²) in [5.41, 5.74) is 3.94. The topological polar surface area (TPSA) is 91.5 Å². The molecular formula is C42H44ClF5N6O3. The molecule has 2 aliphatic heterocycles. The average molecular weight is 811 g/mol. The number of benzene rings is 4. The second-order valence-electron chi connectivity index (χ2n) is 14.7. The van der Waals surface area contributed by atoms with Crippen molar-refractivity contribution in [3.8, 4) is 5.75 Å². The first-order chi connectivity index (χ1) is 27.3. The minimum absolute atomic E-state index is 0.0670. The number of halogens is 6. The standard InChI is InChI=1S/C21H21ClF3N3O2.C21H23F2N3O/c1-28-10-8-13(9-11-28)29-19(20-26-17-4-2-3-5-18(17)27-20)15-12-14(6-7-16(15)22)30-21(23,24)25;1-13-11-15(22)19(16(23)12-13)20(27-14-7-9-26(2)10-8-14)21-24-17-5-3-4-6-18(17)25-21/h2-7,12-13,19H,8-11H2,1H3,(H,26,27);3-6,11-12,14,20H,7-10H2,1-2H3,(H,24,25). The number of aromatic amines is 2. The van der Waals surface area contributed by atoms with E-state index in [2.05, 4.69) is 41.5 Å². The first-order valence-corrected chi connectivity index (χ1v) is 19.3. The molecule has 0 spiro atoms. The van der Waals surface area contributed by atoms with Crippen LogP contribution in [0.4, 0.5) is 22.0 Å². The molecule has 2 saturated heterocycles. The van der Waals surface area contributed by atoms with E-state index < -0.39 is 30.2 Å². The SMILES string of the molecule is CN1CCC(OC(c2nc3ccccc3[nH]2)c2cc(OC(F)(F)F)ccc2Cl)CC1.Cc1cc(F)c(C(OC2CCN(C)CC2)c2nc3ccccc3[nH]2)c(F)c1. The Balaban J connectivity index is 0.000000175. The maximum atomic E-state index is 14.7. The largest absolute Gasteiger partial charge is 0.573 e. The van der Waals surface area contributed by atoms with E-state index in [4.69, 9.17) is 21.1 Å². The van der Waals surface area contributed by atoms with Crippen LogP contribution < -0.4 is 4.74 Å². The van der Waals surface area contributed by atoms with E-state index in [1.807, 2.05) is 55.6 Å². The van der Waals surface area contributed by atoms with E-state index in [0.29, 0.717) is 22.8 Å². The zero-order chi connectivity index (χ0) is 40.3. The molecule has 2 unspecified atom stereocenters. The van der Waals surface area contributed by atoms with Crippen LogP contribution in [0.2, 0.25) is 5.02 Å². The Kier molecular flexibility index (Phi) is 12.5. The van der Waals surface area contributed by atoms with Crippen molar-refractivity contribution in [2.45, 2.75) is 63.4 Å². The molecule has 57 heavy (non-hydrogen) atoms. The fourth-order valence-electron chi connectivity index (χ4n) is 7.26. The molecule has 6 aromatic rings. The van der Waals surface area contributed by atoms with Crippen molar-refractivity contribution in [3.63, 3.8) is 0 Å². The monoisotopic (exact) mass is 810 g/mol. The summed E-state index contributed by atoms with van der Waals surface area (Å²) in [4.78, 5) is 20.0. The number of piperidine rings is 2. The Bertz CT molecular complexity index is 2190. The molecule has 302 valence electrons. The van der Waals surface area contributed by atoms with E-state index >= 15 is 0 Å². The van der Waals surface area contributed by atoms with Gasteiger partial charge in [-0.3, -0.25) is 0 Å². The highest BCUT2D eigenvalue weighted by molar-refractivity contribution is 6.31. The lowest BCUT2D eigenvalue weighted by molar-refractivity contribution is -0.274. The summed E-state index contributed by atoms with van der Waals surface area (Å²) in [6.45, 7) is 5.22. The maximum absolute atomic E-state index is 14.7. The van der Waals surface area contributed by atoms with Crippen LogP contribution in [0, 0.1) is 18.6 Å². The molecule has 2 fully saturated rings. The van der Waals surface area contributed by atoms with Gasteiger partial charge in [-0.15, -0.1) is 13.2 Å². The van der Waals surface area contributed by atoms with Gasteiger partial charge in [0.2, 0.25) is 0 Å². The zero-order valence-corrected chi connectivity index (χ0v) is 32.5. The Morgan fingerprint density at radius 2 is 1.18 bits per heavy atom. The van der Waals surface area contributed by atoms with E-state index in [1.54, 1.807) is 6.92 Å². The maximum Gasteiger partial charge on any atom is 0.573 e. The number of rotatable bonds is 9. The van der Waals surface area contributed by atoms with Gasteiger partial charge in [0.25, 0.3) is 0 Å². The van der Waals surface area contributed by atoms with Crippen molar-refractivity contribution >= 4 is 33.7 Å². The lowest BCUT2D eigenvalue weighted by atomic mass is 10.0. The van der Waals surface area contributed by atoms with Gasteiger partial charge in [0.1, 0.15) is 41.2 Å². The van der Waals surface area contributed by atoms with Crippen LogP contribution in [0.5, 0.6) is 5.75 Å². The van der Waals surface area contributed by atoms with Gasteiger partial charge in [0.05, 0.1) is 39.8 Å². The summed E-state index contributed by atoms with van der Waals surface area (Å²) in [6, 6.07) is 21.5. The van der Waals surface area contributed by atoms with Crippen molar-refractivity contribution in [1.29, 1.82) is 0 Å². The molecule has 2 atom stereocenters. The smallest absolute Gasteiger partial charge is 0.406 e. The highest BCUT2D eigenvalue weighted by Gasteiger charge is 2.34. The molecule has 2 N–H and O–H groups in total. The minimum atomic E-state index is -4.80. The number of hydrogen-bond donors (Lipinski definition) is 2. The Morgan fingerprint density at radius 1 is 0.702 bits per heavy atom. The quantitative estimate of drug-likeness (QED) is 0.141. The molecule has 9 nitrogen and oxygen atoms in total. The summed E-state index contributed by atoms with van der Waals surface area (Å²) < 4.78 is 84.4. The van der Waals surface area contributed by atoms with Crippen LogP contribution in [0.3, 0.4) is 0 Å². The summed E-state index contributed by atoms with van der Waals surface area (Å²) in [5, 5.41) is 0.280. The molecule has 8 rings (SSSR count). The number of aromatic nitrogens is 4. The number of nitrogens with one attached hydrogen (secondary N) is 2. The Hall–Kier alpha value is -4.60. The van der Waals surface area contributed by atoms with Crippen LogP contribution in [-0.2, 0) is 9.47 Å². The number of likely N-dealkylation sites (tertiary alicyclic amines) is 2. The van der Waals surface area contributed by atoms with Gasteiger partial charge in [0, 0.05) is 36.8 Å². The van der Waals surface area contributed by atoms with Crippen molar-refractivity contribution in [2.75, 3.05) is 40.3 Å². The normalized spacial score (nSPS) is 17.4. The molecule has 2 aromatic heterocycles. The van der Waals surface area contributed by atoms with E-state index in [0.717, 1.165) is 73.9 Å². The first-order valence-electron chi connectivity index (χ1n) is 18.9. The molecular weight excluding hydrogens is 767 g/mol. The third-order valence-corrected chi connectivity index (χ3v) is 10.6. The first kappa shape index (κ1) is 40.6. The number of nitrogens with zero attached hydrogens (tertiary/aromatic N) is 4. The summed E-state index contributed by atoms with van der Waals surface area (Å²) in [6.07, 6.45) is -3.34. The summed E-state index contributed by atoms with van der Waals surface area (Å²) >= 11 is 6.38. The Morgan fingerprint density at radius 3 is 1.67 bits per heavy atom. The summed E-state index contributed by atoms with van der Waals surface area (Å²) in [5.74, 6) is -0.648. The lowest BCUT2D eigenvalue weighted by Gasteiger charge is -2.31. The molecule has 0 bridgehead atoms. The molecule has 0 radical (unpaired) electrons. The minimum Gasteiger partial charge on any atom is -0.406 e. The van der Waals surface area contributed by atoms with Crippen molar-refractivity contribution in [1.82, 2.24) is 29.7 Å². The number of hydrogen-bond acceptors (Lipinski definition) is 7. The predicted molar refractivity (Wildman–Crippen MR) is 208 cm³/mol. The number of aryl methyl sites for hydroxylation is 1. The van der Waals surface area contributed by atoms with Crippen LogP contribution in [0.15, 0.2) is 78.9 Å². The van der Waals surface area contributed by atoms with Gasteiger partial charge in [-0.2, -0.15) is 0 Å². The fraction of sp³-hybridized carbons (Fsp3) is 0.381. The molecule has 15 heteroatoms. The van der Waals surface area contributed by atoms with Crippen LogP contribution in [-0.4, -0.2) is 88.6 Å². The third-order valence-electron chi connectivity index (χ3n) is 10.3. The van der Waals surface area contributed by atoms with Crippen LogP contribution in [0.1, 0.15) is 66.2 Å². The number of ether oxygens (including phenoxy) is 3. The average Bonchev–Trinajstić information content (AvgIpc) is 3.80. The van der Waals surface area contributed by atoms with E-state index in [-0.39, 0.29) is 28.5 Å². The van der Waals surface area contributed by atoms with Crippen LogP contribution >= 0.6 is 11.6 Å². The van der Waals surface area contributed by atoms with E-state index in [9.17, 15) is 22.0 Å². The highest BCUT2D eigenvalue weighted by atomic mass is 35.5. The molecule has 0 saturated carbocycles. The number of fused-ring (bicyclic) bond motifs is 2. The second kappa shape index (κ2) is 17.5. The Labute approximate surface area is 332 Å². The number of alkyl halides is 3. The second-order valence-corrected chi connectivity index (χ2v) is 15.1. The molecule has 0 aliphatic carbocycles. The van der Waals surface area contributed by atoms with Gasteiger partial charge < -0.3 is 34.0 Å². The van der Waals surface area contributed by atoms with Crippen LogP contribution in [0.25, 0.3) is 22.1 Å². The number of H-pyrrole nitrogens is 2. The third kappa shape index (κ3) is 10.1. The fourth-order valence-corrected chi connectivity index (χ4v) is 7.47. The van der Waals surface area contributed by atoms with Crippen molar-refractivity contribution < 1.29 is 36.2 Å². The zero-order valence-electron chi connectivity index (χ0n) is 31.8. The van der Waals surface area contributed by atoms with Gasteiger partial charge in [-0.1, -0.05) is 35.9 Å². The number of imidazole rings is 2. The summed E-state index contributed by atoms with van der Waals surface area (Å²) in [7, 11) is 4.11. The van der Waals surface area contributed by atoms with Gasteiger partial charge in [0.15, 0.2) is 0 Å². The predicted octanol–water partition coefficient (Wildman–Crippen LogP) is 9.66. The highest BCUT2D eigenvalue weighted by Crippen LogP contribution is 2.38. The van der Waals surface area contributed by atoms with Gasteiger partial charge in [-0.25, -0.2) is 18.7 Å². The van der Waals surface area contributed by atoms with Crippen molar-refractivity contribution in [2.24, 2.45) is 0 Å². The molecule has 4 aromatic carbocycles. The van der Waals surface area contributed by atoms with E-state index in [1.165, 1.54) is 30.3 Å². The van der Waals surface area contributed by atoms with Gasteiger partial charge in [-0.05, 0) is 107 Å². The molecule has 0 amide bonds. The molecule has 2 aliphatic rings. The van der Waals surface area contributed by atoms with Crippen molar-refractivity contribution in [3.05, 3.63) is 124 Å². The lowest BCUT2D eigenvalue weighted by Crippen LogP contribution is -2.35. The number of para-hydroxylation sites is 4. The molecule has 4 heterocycles.